The first kappa shape index (κ1) is 16.0. The molecule has 5 heterocycles. The molecule has 30 heavy (non-hydrogen) atoms. The molecule has 0 fully saturated rings. The van der Waals surface area contributed by atoms with Gasteiger partial charge in [-0.3, -0.25) is 14.5 Å². The van der Waals surface area contributed by atoms with Gasteiger partial charge >= 0.3 is 0 Å². The van der Waals surface area contributed by atoms with E-state index in [-0.39, 0.29) is 0 Å². The zero-order valence-electron chi connectivity index (χ0n) is 15.8. The van der Waals surface area contributed by atoms with Crippen LogP contribution in [0.25, 0.3) is 58.8 Å². The van der Waals surface area contributed by atoms with Crippen molar-refractivity contribution in [3.63, 3.8) is 0 Å². The number of aromatic nitrogens is 4. The van der Waals surface area contributed by atoms with E-state index < -0.39 is 0 Å². The molecule has 0 aliphatic carbocycles. The summed E-state index contributed by atoms with van der Waals surface area (Å²) in [6.45, 7) is 0. The molecule has 5 heteroatoms. The Bertz CT molecular complexity index is 1760. The summed E-state index contributed by atoms with van der Waals surface area (Å²) in [6.07, 6.45) is 5.57. The van der Waals surface area contributed by atoms with Crippen LogP contribution in [-0.4, -0.2) is 19.5 Å². The van der Waals surface area contributed by atoms with Crippen molar-refractivity contribution in [2.45, 2.75) is 0 Å². The lowest BCUT2D eigenvalue weighted by atomic mass is 10.1. The van der Waals surface area contributed by atoms with E-state index in [0.29, 0.717) is 0 Å². The summed E-state index contributed by atoms with van der Waals surface area (Å²) in [4.78, 5) is 14.0. The molecule has 0 spiro atoms. The molecule has 0 saturated heterocycles. The molecule has 0 aliphatic heterocycles. The summed E-state index contributed by atoms with van der Waals surface area (Å²) in [5.41, 5.74) is 4.10. The van der Waals surface area contributed by atoms with Crippen LogP contribution in [0.2, 0.25) is 0 Å². The molecule has 0 radical (unpaired) electrons. The van der Waals surface area contributed by atoms with Crippen LogP contribution in [0.5, 0.6) is 0 Å². The van der Waals surface area contributed by atoms with Gasteiger partial charge in [-0.05, 0) is 42.5 Å². The molecule has 5 aromatic heterocycles. The largest absolute Gasteiger partial charge is 0.292 e. The highest BCUT2D eigenvalue weighted by Gasteiger charge is 2.17. The van der Waals surface area contributed by atoms with Crippen LogP contribution in [-0.2, 0) is 0 Å². The lowest BCUT2D eigenvalue weighted by Gasteiger charge is -2.07. The third-order valence-electron chi connectivity index (χ3n) is 5.72. The predicted molar refractivity (Wildman–Crippen MR) is 125 cm³/mol. The minimum absolute atomic E-state index is 0.856. The normalized spacial score (nSPS) is 12.0. The number of hydrogen-bond acceptors (Lipinski definition) is 4. The van der Waals surface area contributed by atoms with Crippen molar-refractivity contribution >= 4 is 64.3 Å². The van der Waals surface area contributed by atoms with Gasteiger partial charge in [-0.2, -0.15) is 0 Å². The number of hydrogen-bond donors (Lipinski definition) is 0. The summed E-state index contributed by atoms with van der Waals surface area (Å²) in [6, 6.07) is 23.3. The fraction of sp³-hybridized carbons (Fsp3) is 0. The smallest absolute Gasteiger partial charge is 0.139 e. The van der Waals surface area contributed by atoms with Crippen LogP contribution in [0, 0.1) is 0 Å². The topological polar surface area (TPSA) is 43.6 Å². The fourth-order valence-corrected chi connectivity index (χ4v) is 5.49. The maximum atomic E-state index is 4.77. The number of thiophene rings is 1. The molecule has 0 aliphatic rings. The average molecular weight is 402 g/mol. The van der Waals surface area contributed by atoms with Gasteiger partial charge in [-0.25, -0.2) is 4.98 Å². The Morgan fingerprint density at radius 1 is 0.667 bits per heavy atom. The van der Waals surface area contributed by atoms with Gasteiger partial charge in [0.1, 0.15) is 5.82 Å². The van der Waals surface area contributed by atoms with Crippen molar-refractivity contribution in [3.05, 3.63) is 85.3 Å². The van der Waals surface area contributed by atoms with E-state index in [1.165, 1.54) is 20.2 Å². The highest BCUT2D eigenvalue weighted by atomic mass is 32.1. The number of benzene rings is 2. The van der Waals surface area contributed by atoms with E-state index in [0.717, 1.165) is 38.7 Å². The minimum Gasteiger partial charge on any atom is -0.292 e. The zero-order valence-corrected chi connectivity index (χ0v) is 16.6. The van der Waals surface area contributed by atoms with Crippen LogP contribution in [0.1, 0.15) is 0 Å². The van der Waals surface area contributed by atoms with Gasteiger partial charge in [-0.15, -0.1) is 11.3 Å². The first-order valence-corrected chi connectivity index (χ1v) is 10.6. The second kappa shape index (κ2) is 5.84. The van der Waals surface area contributed by atoms with Gasteiger partial charge in [-0.1, -0.05) is 18.2 Å². The van der Waals surface area contributed by atoms with Gasteiger partial charge < -0.3 is 0 Å². The maximum Gasteiger partial charge on any atom is 0.139 e. The SMILES string of the molecule is c1cnc2cc(-n3c4cc5sc6ccccc6c5cc4c4ncccc43)ncc2c1. The highest BCUT2D eigenvalue weighted by Crippen LogP contribution is 2.39. The quantitative estimate of drug-likeness (QED) is 0.315. The molecule has 0 unspecified atom stereocenters. The molecule has 4 nitrogen and oxygen atoms in total. The molecular weight excluding hydrogens is 388 g/mol. The number of fused-ring (bicyclic) bond motifs is 7. The van der Waals surface area contributed by atoms with Crippen LogP contribution >= 0.6 is 11.3 Å². The molecule has 0 atom stereocenters. The third kappa shape index (κ3) is 2.12. The van der Waals surface area contributed by atoms with Crippen molar-refractivity contribution in [2.24, 2.45) is 0 Å². The minimum atomic E-state index is 0.856. The fourth-order valence-electron chi connectivity index (χ4n) is 4.37. The Morgan fingerprint density at radius 3 is 2.57 bits per heavy atom. The van der Waals surface area contributed by atoms with Gasteiger partial charge in [0, 0.05) is 55.6 Å². The van der Waals surface area contributed by atoms with E-state index in [2.05, 4.69) is 58.1 Å². The van der Waals surface area contributed by atoms with Gasteiger partial charge in [0.05, 0.1) is 22.1 Å². The molecule has 0 bridgehead atoms. The first-order valence-electron chi connectivity index (χ1n) is 9.78. The standard InChI is InChI=1S/C25H14N4S/c1-2-8-22-16(6-1)17-11-18-21(13-23(17)30-22)29(20-7-4-10-27-25(18)20)24-12-19-15(14-28-24)5-3-9-26-19/h1-14H. The number of rotatable bonds is 1. The van der Waals surface area contributed by atoms with Crippen LogP contribution in [0.4, 0.5) is 0 Å². The molecule has 2 aromatic carbocycles. The maximum absolute atomic E-state index is 4.77. The third-order valence-corrected chi connectivity index (χ3v) is 6.85. The lowest BCUT2D eigenvalue weighted by Crippen LogP contribution is -1.97. The summed E-state index contributed by atoms with van der Waals surface area (Å²) >= 11 is 1.83. The summed E-state index contributed by atoms with van der Waals surface area (Å²) in [5.74, 6) is 0.856. The number of nitrogens with zero attached hydrogens (tertiary/aromatic N) is 4. The van der Waals surface area contributed by atoms with Crippen LogP contribution in [0.15, 0.2) is 85.3 Å². The molecular formula is C25H14N4S. The lowest BCUT2D eigenvalue weighted by molar-refractivity contribution is 1.09. The first-order chi connectivity index (χ1) is 14.9. The molecule has 0 N–H and O–H groups in total. The Hall–Kier alpha value is -3.83. The molecule has 0 amide bonds. The summed E-state index contributed by atoms with van der Waals surface area (Å²) < 4.78 is 4.78. The van der Waals surface area contributed by atoms with E-state index in [1.54, 1.807) is 0 Å². The van der Waals surface area contributed by atoms with E-state index in [9.17, 15) is 0 Å². The van der Waals surface area contributed by atoms with E-state index >= 15 is 0 Å². The number of pyridine rings is 3. The Morgan fingerprint density at radius 2 is 1.57 bits per heavy atom. The van der Waals surface area contributed by atoms with E-state index in [4.69, 9.17) is 9.97 Å². The molecule has 0 saturated carbocycles. The zero-order chi connectivity index (χ0) is 19.7. The van der Waals surface area contributed by atoms with Crippen molar-refractivity contribution in [1.82, 2.24) is 19.5 Å². The monoisotopic (exact) mass is 402 g/mol. The van der Waals surface area contributed by atoms with Gasteiger partial charge in [0.25, 0.3) is 0 Å². The molecule has 7 aromatic rings. The van der Waals surface area contributed by atoms with Crippen molar-refractivity contribution in [2.75, 3.05) is 0 Å². The average Bonchev–Trinajstić information content (AvgIpc) is 3.32. The second-order valence-corrected chi connectivity index (χ2v) is 8.49. The Labute approximate surface area is 175 Å². The second-order valence-electron chi connectivity index (χ2n) is 7.41. The summed E-state index contributed by atoms with van der Waals surface area (Å²) in [5, 5.41) is 4.75. The Balaban J connectivity index is 1.65. The van der Waals surface area contributed by atoms with Crippen molar-refractivity contribution in [3.8, 4) is 5.82 Å². The highest BCUT2D eigenvalue weighted by molar-refractivity contribution is 7.25. The Kier molecular flexibility index (Phi) is 3.12. The molecule has 7 rings (SSSR count). The molecule has 140 valence electrons. The summed E-state index contributed by atoms with van der Waals surface area (Å²) in [7, 11) is 0. The van der Waals surface area contributed by atoms with Gasteiger partial charge in [0.2, 0.25) is 0 Å². The van der Waals surface area contributed by atoms with Crippen molar-refractivity contribution in [1.29, 1.82) is 0 Å². The van der Waals surface area contributed by atoms with Crippen LogP contribution in [0.3, 0.4) is 0 Å². The van der Waals surface area contributed by atoms with Crippen LogP contribution < -0.4 is 0 Å². The predicted octanol–water partition coefficient (Wildman–Crippen LogP) is 6.49. The van der Waals surface area contributed by atoms with Crippen molar-refractivity contribution < 1.29 is 0 Å². The van der Waals surface area contributed by atoms with Gasteiger partial charge in [0.15, 0.2) is 0 Å². The van der Waals surface area contributed by atoms with E-state index in [1.807, 2.05) is 48.1 Å².